The first-order valence-electron chi connectivity index (χ1n) is 7.29. The monoisotopic (exact) mass is 371 g/mol. The number of rotatable bonds is 5. The van der Waals surface area contributed by atoms with Gasteiger partial charge < -0.3 is 4.57 Å². The van der Waals surface area contributed by atoms with Crippen molar-refractivity contribution in [1.82, 2.24) is 9.47 Å². The highest BCUT2D eigenvalue weighted by Gasteiger charge is 2.31. The lowest BCUT2D eigenvalue weighted by atomic mass is 10.2. The van der Waals surface area contributed by atoms with Crippen LogP contribution in [0.2, 0.25) is 0 Å². The molecule has 0 aliphatic carbocycles. The minimum absolute atomic E-state index is 0.00876. The van der Waals surface area contributed by atoms with Crippen LogP contribution < -0.4 is 0 Å². The first-order valence-corrected chi connectivity index (χ1v) is 8.52. The number of hydrogen-bond acceptors (Lipinski definition) is 5. The van der Waals surface area contributed by atoms with E-state index in [1.807, 2.05) is 12.1 Å². The number of amides is 1. The van der Waals surface area contributed by atoms with Crippen LogP contribution >= 0.6 is 24.0 Å². The zero-order chi connectivity index (χ0) is 18.0. The highest BCUT2D eigenvalue weighted by molar-refractivity contribution is 8.26. The SMILES string of the molecule is C=CCN1C(=O)C(=Cc2cccn2-c2cccc([N+](=O)[O-])c2)SC1=S. The fourth-order valence-corrected chi connectivity index (χ4v) is 3.68. The predicted octanol–water partition coefficient (Wildman–Crippen LogP) is 3.77. The van der Waals surface area contributed by atoms with Crippen molar-refractivity contribution in [3.05, 3.63) is 76.0 Å². The number of hydrogen-bond donors (Lipinski definition) is 0. The average Bonchev–Trinajstić information content (AvgIpc) is 3.16. The molecule has 0 radical (unpaired) electrons. The molecule has 0 unspecified atom stereocenters. The maximum Gasteiger partial charge on any atom is 0.271 e. The van der Waals surface area contributed by atoms with Gasteiger partial charge >= 0.3 is 0 Å². The van der Waals surface area contributed by atoms with E-state index in [2.05, 4.69) is 6.58 Å². The number of nitro groups is 1. The largest absolute Gasteiger partial charge is 0.317 e. The molecule has 2 heterocycles. The molecule has 1 aliphatic heterocycles. The normalized spacial score (nSPS) is 15.8. The second-order valence-electron chi connectivity index (χ2n) is 5.16. The number of aromatic nitrogens is 1. The minimum Gasteiger partial charge on any atom is -0.317 e. The lowest BCUT2D eigenvalue weighted by molar-refractivity contribution is -0.384. The van der Waals surface area contributed by atoms with Gasteiger partial charge in [-0.3, -0.25) is 19.8 Å². The zero-order valence-corrected chi connectivity index (χ0v) is 14.6. The third kappa shape index (κ3) is 3.40. The molecule has 126 valence electrons. The Kier molecular flexibility index (Phi) is 4.82. The van der Waals surface area contributed by atoms with Crippen LogP contribution in [0.1, 0.15) is 5.69 Å². The number of thioether (sulfide) groups is 1. The molecule has 2 aromatic rings. The lowest BCUT2D eigenvalue weighted by Crippen LogP contribution is -2.27. The summed E-state index contributed by atoms with van der Waals surface area (Å²) in [5.74, 6) is -0.165. The van der Waals surface area contributed by atoms with Crippen LogP contribution in [0.15, 0.2) is 60.2 Å². The molecule has 3 rings (SSSR count). The van der Waals surface area contributed by atoms with Gasteiger partial charge in [0.25, 0.3) is 11.6 Å². The van der Waals surface area contributed by atoms with E-state index < -0.39 is 4.92 Å². The molecule has 0 bridgehead atoms. The average molecular weight is 371 g/mol. The maximum atomic E-state index is 12.4. The Morgan fingerprint density at radius 2 is 2.12 bits per heavy atom. The summed E-state index contributed by atoms with van der Waals surface area (Å²) in [5, 5.41) is 11.0. The Morgan fingerprint density at radius 3 is 2.84 bits per heavy atom. The van der Waals surface area contributed by atoms with Gasteiger partial charge in [-0.15, -0.1) is 6.58 Å². The molecule has 0 spiro atoms. The Morgan fingerprint density at radius 1 is 1.32 bits per heavy atom. The van der Waals surface area contributed by atoms with Crippen LogP contribution in [0.4, 0.5) is 5.69 Å². The third-order valence-electron chi connectivity index (χ3n) is 3.56. The van der Waals surface area contributed by atoms with E-state index in [1.54, 1.807) is 35.0 Å². The fraction of sp³-hybridized carbons (Fsp3) is 0.0588. The van der Waals surface area contributed by atoms with Crippen molar-refractivity contribution in [3.8, 4) is 5.69 Å². The first-order chi connectivity index (χ1) is 12.0. The predicted molar refractivity (Wildman–Crippen MR) is 102 cm³/mol. The summed E-state index contributed by atoms with van der Waals surface area (Å²) < 4.78 is 2.28. The molecule has 1 fully saturated rings. The van der Waals surface area contributed by atoms with Crippen molar-refractivity contribution in [1.29, 1.82) is 0 Å². The van der Waals surface area contributed by atoms with Crippen molar-refractivity contribution in [2.75, 3.05) is 6.54 Å². The summed E-state index contributed by atoms with van der Waals surface area (Å²) in [6.45, 7) is 4.00. The van der Waals surface area contributed by atoms with E-state index in [9.17, 15) is 14.9 Å². The van der Waals surface area contributed by atoms with Gasteiger partial charge in [-0.1, -0.05) is 36.1 Å². The molecule has 6 nitrogen and oxygen atoms in total. The molecule has 1 saturated heterocycles. The Balaban J connectivity index is 1.97. The van der Waals surface area contributed by atoms with E-state index in [4.69, 9.17) is 12.2 Å². The number of nitro benzene ring substituents is 1. The highest BCUT2D eigenvalue weighted by atomic mass is 32.2. The summed E-state index contributed by atoms with van der Waals surface area (Å²) in [5.41, 5.74) is 1.39. The second-order valence-corrected chi connectivity index (χ2v) is 6.84. The van der Waals surface area contributed by atoms with Gasteiger partial charge in [-0.25, -0.2) is 0 Å². The van der Waals surface area contributed by atoms with Gasteiger partial charge in [-0.2, -0.15) is 0 Å². The molecule has 1 amide bonds. The number of nitrogens with zero attached hydrogens (tertiary/aromatic N) is 3. The minimum atomic E-state index is -0.437. The number of non-ortho nitro benzene ring substituents is 1. The molecular formula is C17H13N3O3S2. The molecule has 0 saturated carbocycles. The van der Waals surface area contributed by atoms with E-state index >= 15 is 0 Å². The molecule has 0 N–H and O–H groups in total. The number of thiocarbonyl (C=S) groups is 1. The maximum absolute atomic E-state index is 12.4. The van der Waals surface area contributed by atoms with E-state index in [0.29, 0.717) is 21.5 Å². The van der Waals surface area contributed by atoms with Gasteiger partial charge in [0.1, 0.15) is 4.32 Å². The van der Waals surface area contributed by atoms with Crippen LogP contribution in [-0.2, 0) is 4.79 Å². The van der Waals surface area contributed by atoms with Crippen molar-refractivity contribution in [3.63, 3.8) is 0 Å². The van der Waals surface area contributed by atoms with Crippen molar-refractivity contribution in [2.24, 2.45) is 0 Å². The van der Waals surface area contributed by atoms with Crippen molar-refractivity contribution in [2.45, 2.75) is 0 Å². The number of benzene rings is 1. The topological polar surface area (TPSA) is 68.4 Å². The lowest BCUT2D eigenvalue weighted by Gasteiger charge is -2.10. The molecule has 1 aromatic heterocycles. The summed E-state index contributed by atoms with van der Waals surface area (Å²) in [6, 6.07) is 9.97. The van der Waals surface area contributed by atoms with Crippen LogP contribution in [0.3, 0.4) is 0 Å². The Bertz CT molecular complexity index is 917. The third-order valence-corrected chi connectivity index (χ3v) is 4.94. The molecule has 1 aromatic carbocycles. The Hall–Kier alpha value is -2.71. The van der Waals surface area contributed by atoms with E-state index in [-0.39, 0.29) is 11.6 Å². The Labute approximate surface area is 153 Å². The number of carbonyl (C=O) groups excluding carboxylic acids is 1. The highest BCUT2D eigenvalue weighted by Crippen LogP contribution is 2.33. The van der Waals surface area contributed by atoms with Gasteiger partial charge in [0.15, 0.2) is 0 Å². The summed E-state index contributed by atoms with van der Waals surface area (Å²) in [7, 11) is 0. The zero-order valence-electron chi connectivity index (χ0n) is 13.0. The van der Waals surface area contributed by atoms with Gasteiger partial charge in [0.2, 0.25) is 0 Å². The van der Waals surface area contributed by atoms with Crippen molar-refractivity contribution < 1.29 is 9.72 Å². The van der Waals surface area contributed by atoms with Crippen LogP contribution in [0, 0.1) is 10.1 Å². The molecule has 1 aliphatic rings. The summed E-state index contributed by atoms with van der Waals surface area (Å²) in [6.07, 6.45) is 5.15. The standard InChI is InChI=1S/C17H13N3O3S2/c1-2-8-19-16(21)15(25-17(19)24)11-13-7-4-9-18(13)12-5-3-6-14(10-12)20(22)23/h2-7,9-11H,1,8H2. The summed E-state index contributed by atoms with van der Waals surface area (Å²) >= 11 is 6.46. The van der Waals surface area contributed by atoms with Crippen LogP contribution in [-0.4, -0.2) is 31.2 Å². The van der Waals surface area contributed by atoms with Crippen LogP contribution in [0.25, 0.3) is 11.8 Å². The first kappa shape index (κ1) is 17.1. The van der Waals surface area contributed by atoms with Crippen molar-refractivity contribution >= 4 is 46.0 Å². The molecule has 25 heavy (non-hydrogen) atoms. The molecule has 8 heteroatoms. The smallest absolute Gasteiger partial charge is 0.271 e. The summed E-state index contributed by atoms with van der Waals surface area (Å²) in [4.78, 5) is 25.0. The van der Waals surface area contributed by atoms with Gasteiger partial charge in [-0.05, 0) is 24.3 Å². The fourth-order valence-electron chi connectivity index (χ4n) is 2.42. The molecular weight excluding hydrogens is 358 g/mol. The van der Waals surface area contributed by atoms with Gasteiger partial charge in [0, 0.05) is 30.6 Å². The van der Waals surface area contributed by atoms with E-state index in [1.165, 1.54) is 28.8 Å². The van der Waals surface area contributed by atoms with Crippen LogP contribution in [0.5, 0.6) is 0 Å². The molecule has 0 atom stereocenters. The second kappa shape index (κ2) is 7.04. The van der Waals surface area contributed by atoms with E-state index in [0.717, 1.165) is 5.69 Å². The quantitative estimate of drug-likeness (QED) is 0.263. The van der Waals surface area contributed by atoms with Gasteiger partial charge in [0.05, 0.1) is 15.5 Å². The number of carbonyl (C=O) groups is 1.